The van der Waals surface area contributed by atoms with Gasteiger partial charge in [0.2, 0.25) is 0 Å². The van der Waals surface area contributed by atoms with Crippen LogP contribution in [0.15, 0.2) is 18.2 Å². The SMILES string of the molecule is Cc1cccc(CNCC2CCCS2(=O)=O)c1O. The molecule has 18 heavy (non-hydrogen) atoms. The number of hydrogen-bond acceptors (Lipinski definition) is 4. The zero-order valence-corrected chi connectivity index (χ0v) is 11.3. The zero-order valence-electron chi connectivity index (χ0n) is 10.5. The van der Waals surface area contributed by atoms with Crippen LogP contribution in [-0.4, -0.2) is 31.1 Å². The molecule has 0 spiro atoms. The quantitative estimate of drug-likeness (QED) is 0.866. The molecule has 1 unspecified atom stereocenters. The van der Waals surface area contributed by atoms with Crippen LogP contribution in [-0.2, 0) is 16.4 Å². The normalized spacial score (nSPS) is 22.2. The minimum atomic E-state index is -2.88. The summed E-state index contributed by atoms with van der Waals surface area (Å²) < 4.78 is 23.3. The summed E-state index contributed by atoms with van der Waals surface area (Å²) in [7, 11) is -2.88. The molecule has 0 amide bonds. The molecule has 1 aliphatic heterocycles. The van der Waals surface area contributed by atoms with Crippen molar-refractivity contribution < 1.29 is 13.5 Å². The maximum absolute atomic E-state index is 11.6. The fraction of sp³-hybridized carbons (Fsp3) is 0.538. The van der Waals surface area contributed by atoms with E-state index in [0.717, 1.165) is 24.0 Å². The van der Waals surface area contributed by atoms with Gasteiger partial charge in [0.1, 0.15) is 5.75 Å². The molecule has 1 aromatic carbocycles. The third kappa shape index (κ3) is 2.84. The zero-order chi connectivity index (χ0) is 13.2. The first-order chi connectivity index (χ1) is 8.50. The van der Waals surface area contributed by atoms with Crippen LogP contribution in [0.1, 0.15) is 24.0 Å². The predicted molar refractivity (Wildman–Crippen MR) is 71.4 cm³/mol. The molecule has 2 rings (SSSR count). The van der Waals surface area contributed by atoms with Gasteiger partial charge >= 0.3 is 0 Å². The van der Waals surface area contributed by atoms with Gasteiger partial charge in [0.05, 0.1) is 11.0 Å². The smallest absolute Gasteiger partial charge is 0.154 e. The lowest BCUT2D eigenvalue weighted by Gasteiger charge is -2.12. The van der Waals surface area contributed by atoms with Crippen molar-refractivity contribution in [1.29, 1.82) is 0 Å². The number of aromatic hydroxyl groups is 1. The Morgan fingerprint density at radius 2 is 2.22 bits per heavy atom. The number of aryl methyl sites for hydroxylation is 1. The summed E-state index contributed by atoms with van der Waals surface area (Å²) in [5, 5.41) is 12.7. The number of phenolic OH excluding ortho intramolecular Hbond substituents is 1. The second kappa shape index (κ2) is 5.28. The van der Waals surface area contributed by atoms with E-state index in [9.17, 15) is 13.5 Å². The Balaban J connectivity index is 1.91. The minimum Gasteiger partial charge on any atom is -0.507 e. The monoisotopic (exact) mass is 269 g/mol. The number of rotatable bonds is 4. The molecule has 4 nitrogen and oxygen atoms in total. The van der Waals surface area contributed by atoms with Crippen LogP contribution in [0.5, 0.6) is 5.75 Å². The highest BCUT2D eigenvalue weighted by atomic mass is 32.2. The van der Waals surface area contributed by atoms with Crippen molar-refractivity contribution in [2.24, 2.45) is 0 Å². The summed E-state index contributed by atoms with van der Waals surface area (Å²) in [5.41, 5.74) is 1.65. The highest BCUT2D eigenvalue weighted by Gasteiger charge is 2.30. The second-order valence-electron chi connectivity index (χ2n) is 4.84. The van der Waals surface area contributed by atoms with Gasteiger partial charge in [0, 0.05) is 18.7 Å². The molecule has 1 aliphatic rings. The molecule has 1 aromatic rings. The van der Waals surface area contributed by atoms with Crippen molar-refractivity contribution in [3.8, 4) is 5.75 Å². The molecule has 1 saturated heterocycles. The summed E-state index contributed by atoms with van der Waals surface area (Å²) in [4.78, 5) is 0. The molecular formula is C13H19NO3S. The number of sulfone groups is 1. The number of benzene rings is 1. The van der Waals surface area contributed by atoms with Gasteiger partial charge < -0.3 is 10.4 Å². The molecule has 1 atom stereocenters. The molecule has 100 valence electrons. The molecule has 0 bridgehead atoms. The molecule has 2 N–H and O–H groups in total. The maximum Gasteiger partial charge on any atom is 0.154 e. The van der Waals surface area contributed by atoms with Crippen LogP contribution in [0.4, 0.5) is 0 Å². The van der Waals surface area contributed by atoms with Gasteiger partial charge in [-0.15, -0.1) is 0 Å². The molecule has 0 radical (unpaired) electrons. The number of hydrogen-bond donors (Lipinski definition) is 2. The standard InChI is InChI=1S/C13H19NO3S/c1-10-4-2-5-11(13(10)15)8-14-9-12-6-3-7-18(12,16)17/h2,4-5,12,14-15H,3,6-9H2,1H3. The lowest BCUT2D eigenvalue weighted by molar-refractivity contribution is 0.460. The first-order valence-electron chi connectivity index (χ1n) is 6.20. The van der Waals surface area contributed by atoms with Crippen molar-refractivity contribution in [2.75, 3.05) is 12.3 Å². The molecule has 0 saturated carbocycles. The van der Waals surface area contributed by atoms with Gasteiger partial charge in [-0.1, -0.05) is 18.2 Å². The highest BCUT2D eigenvalue weighted by Crippen LogP contribution is 2.22. The Morgan fingerprint density at radius 1 is 1.44 bits per heavy atom. The van der Waals surface area contributed by atoms with Crippen LogP contribution >= 0.6 is 0 Å². The van der Waals surface area contributed by atoms with Gasteiger partial charge in [-0.3, -0.25) is 0 Å². The third-order valence-electron chi connectivity index (χ3n) is 3.47. The molecule has 1 fully saturated rings. The largest absolute Gasteiger partial charge is 0.507 e. The van der Waals surface area contributed by atoms with E-state index in [-0.39, 0.29) is 5.25 Å². The van der Waals surface area contributed by atoms with Crippen molar-refractivity contribution >= 4 is 9.84 Å². The van der Waals surface area contributed by atoms with Gasteiger partial charge in [0.15, 0.2) is 9.84 Å². The van der Waals surface area contributed by atoms with Gasteiger partial charge in [-0.05, 0) is 25.3 Å². The lowest BCUT2D eigenvalue weighted by Crippen LogP contribution is -2.30. The van der Waals surface area contributed by atoms with Crippen LogP contribution in [0, 0.1) is 6.92 Å². The Kier molecular flexibility index (Phi) is 3.92. The van der Waals surface area contributed by atoms with E-state index in [1.54, 1.807) is 0 Å². The number of para-hydroxylation sites is 1. The minimum absolute atomic E-state index is 0.260. The Labute approximate surface area is 108 Å². The molecular weight excluding hydrogens is 250 g/mol. The van der Waals surface area contributed by atoms with Crippen LogP contribution < -0.4 is 5.32 Å². The fourth-order valence-corrected chi connectivity index (χ4v) is 4.12. The maximum atomic E-state index is 11.6. The summed E-state index contributed by atoms with van der Waals surface area (Å²) in [6, 6.07) is 5.58. The molecule has 1 heterocycles. The molecule has 0 aliphatic carbocycles. The fourth-order valence-electron chi connectivity index (χ4n) is 2.32. The van der Waals surface area contributed by atoms with E-state index in [0.29, 0.717) is 24.6 Å². The summed E-state index contributed by atoms with van der Waals surface area (Å²) in [5.74, 6) is 0.606. The van der Waals surface area contributed by atoms with E-state index >= 15 is 0 Å². The van der Waals surface area contributed by atoms with E-state index in [4.69, 9.17) is 0 Å². The van der Waals surface area contributed by atoms with Crippen molar-refractivity contribution in [1.82, 2.24) is 5.32 Å². The topological polar surface area (TPSA) is 66.4 Å². The van der Waals surface area contributed by atoms with Crippen molar-refractivity contribution in [3.63, 3.8) is 0 Å². The first-order valence-corrected chi connectivity index (χ1v) is 7.92. The lowest BCUT2D eigenvalue weighted by atomic mass is 10.1. The summed E-state index contributed by atoms with van der Waals surface area (Å²) in [6.45, 7) is 2.81. The van der Waals surface area contributed by atoms with Gasteiger partial charge in [-0.25, -0.2) is 8.42 Å². The highest BCUT2D eigenvalue weighted by molar-refractivity contribution is 7.92. The summed E-state index contributed by atoms with van der Waals surface area (Å²) >= 11 is 0. The van der Waals surface area contributed by atoms with Crippen LogP contribution in [0.3, 0.4) is 0 Å². The molecule has 0 aromatic heterocycles. The first kappa shape index (κ1) is 13.4. The van der Waals surface area contributed by atoms with Crippen LogP contribution in [0.25, 0.3) is 0 Å². The average molecular weight is 269 g/mol. The summed E-state index contributed by atoms with van der Waals surface area (Å²) in [6.07, 6.45) is 1.51. The van der Waals surface area contributed by atoms with Crippen molar-refractivity contribution in [3.05, 3.63) is 29.3 Å². The molecule has 5 heteroatoms. The van der Waals surface area contributed by atoms with Gasteiger partial charge in [0.25, 0.3) is 0 Å². The Bertz CT molecular complexity index is 525. The predicted octanol–water partition coefficient (Wildman–Crippen LogP) is 1.37. The Hall–Kier alpha value is -1.07. The van der Waals surface area contributed by atoms with E-state index < -0.39 is 9.84 Å². The second-order valence-corrected chi connectivity index (χ2v) is 7.25. The van der Waals surface area contributed by atoms with E-state index in [1.807, 2.05) is 25.1 Å². The van der Waals surface area contributed by atoms with E-state index in [2.05, 4.69) is 5.32 Å². The Morgan fingerprint density at radius 3 is 2.89 bits per heavy atom. The number of phenols is 1. The number of nitrogens with one attached hydrogen (secondary N) is 1. The third-order valence-corrected chi connectivity index (χ3v) is 5.75. The average Bonchev–Trinajstić information content (AvgIpc) is 2.64. The van der Waals surface area contributed by atoms with E-state index in [1.165, 1.54) is 0 Å². The van der Waals surface area contributed by atoms with Crippen LogP contribution in [0.2, 0.25) is 0 Å². The van der Waals surface area contributed by atoms with Gasteiger partial charge in [-0.2, -0.15) is 0 Å². The van der Waals surface area contributed by atoms with Crippen molar-refractivity contribution in [2.45, 2.75) is 31.6 Å².